The first-order valence-electron chi connectivity index (χ1n) is 8.12. The summed E-state index contributed by atoms with van der Waals surface area (Å²) >= 11 is 0. The third kappa shape index (κ3) is 6.07. The van der Waals surface area contributed by atoms with Gasteiger partial charge < -0.3 is 18.9 Å². The molecule has 0 spiro atoms. The van der Waals surface area contributed by atoms with Crippen molar-refractivity contribution in [1.82, 2.24) is 4.90 Å². The maximum atomic E-state index is 12.6. The van der Waals surface area contributed by atoms with Gasteiger partial charge in [0.05, 0.1) is 19.4 Å². The predicted octanol–water partition coefficient (Wildman–Crippen LogP) is 2.96. The Morgan fingerprint density at radius 1 is 1.21 bits per heavy atom. The largest absolute Gasteiger partial charge is 0.480 e. The lowest BCUT2D eigenvalue weighted by Crippen LogP contribution is -2.43. The van der Waals surface area contributed by atoms with E-state index in [1.165, 1.54) is 4.90 Å². The van der Waals surface area contributed by atoms with Crippen molar-refractivity contribution in [1.29, 1.82) is 0 Å². The minimum atomic E-state index is -3.29. The molecule has 2 atom stereocenters. The minimum absolute atomic E-state index is 0.0811. The van der Waals surface area contributed by atoms with Crippen molar-refractivity contribution in [2.75, 3.05) is 25.9 Å². The summed E-state index contributed by atoms with van der Waals surface area (Å²) in [6.07, 6.45) is -0.406. The molecular weight excluding hydrogens is 337 g/mol. The number of carbonyl (C=O) groups excluding carboxylic acids is 1. The number of ether oxygens (including phenoxy) is 1. The Morgan fingerprint density at radius 3 is 2.17 bits per heavy atom. The second kappa shape index (κ2) is 8.32. The van der Waals surface area contributed by atoms with Gasteiger partial charge in [0.25, 0.3) is 0 Å². The molecule has 0 aromatic heterocycles. The number of carboxylic acids is 1. The first-order chi connectivity index (χ1) is 11.0. The molecule has 0 aromatic rings. The van der Waals surface area contributed by atoms with Crippen molar-refractivity contribution in [3.63, 3.8) is 0 Å². The standard InChI is InChI=1S/C15H28NO7P/c1-6-21-24(20,22-7-2)10-11-8-12(13(17)18)16(9-11)14(19)23-15(3,4)5/h11-12H,6-10H2,1-5H3,(H,17,18). The highest BCUT2D eigenvalue weighted by Gasteiger charge is 2.44. The van der Waals surface area contributed by atoms with Crippen LogP contribution in [-0.4, -0.2) is 59.6 Å². The van der Waals surface area contributed by atoms with Crippen LogP contribution in [0.2, 0.25) is 0 Å². The van der Waals surface area contributed by atoms with Crippen molar-refractivity contribution < 1.29 is 33.0 Å². The molecule has 1 aliphatic heterocycles. The van der Waals surface area contributed by atoms with Gasteiger partial charge in [0.2, 0.25) is 0 Å². The first kappa shape index (κ1) is 20.9. The predicted molar refractivity (Wildman–Crippen MR) is 88.2 cm³/mol. The molecule has 1 N–H and O–H groups in total. The van der Waals surface area contributed by atoms with Crippen LogP contribution in [0.1, 0.15) is 41.0 Å². The number of hydrogen-bond acceptors (Lipinski definition) is 6. The van der Waals surface area contributed by atoms with Gasteiger partial charge in [-0.1, -0.05) is 0 Å². The number of hydrogen-bond donors (Lipinski definition) is 1. The van der Waals surface area contributed by atoms with Crippen LogP contribution >= 0.6 is 7.60 Å². The van der Waals surface area contributed by atoms with E-state index in [0.29, 0.717) is 0 Å². The van der Waals surface area contributed by atoms with Crippen LogP contribution in [0.4, 0.5) is 4.79 Å². The minimum Gasteiger partial charge on any atom is -0.480 e. The average molecular weight is 365 g/mol. The Labute approximate surface area is 143 Å². The van der Waals surface area contributed by atoms with E-state index in [0.717, 1.165) is 0 Å². The van der Waals surface area contributed by atoms with Crippen LogP contribution in [0, 0.1) is 5.92 Å². The van der Waals surface area contributed by atoms with Crippen molar-refractivity contribution in [2.45, 2.75) is 52.7 Å². The highest BCUT2D eigenvalue weighted by molar-refractivity contribution is 7.53. The smallest absolute Gasteiger partial charge is 0.411 e. The number of nitrogens with zero attached hydrogens (tertiary/aromatic N) is 1. The van der Waals surface area contributed by atoms with Gasteiger partial charge in [-0.25, -0.2) is 9.59 Å². The Balaban J connectivity index is 2.85. The maximum Gasteiger partial charge on any atom is 0.411 e. The third-order valence-corrected chi connectivity index (χ3v) is 5.70. The maximum absolute atomic E-state index is 12.6. The summed E-state index contributed by atoms with van der Waals surface area (Å²) in [6.45, 7) is 9.20. The summed E-state index contributed by atoms with van der Waals surface area (Å²) in [6, 6.07) is -0.999. The highest BCUT2D eigenvalue weighted by atomic mass is 31.2. The van der Waals surface area contributed by atoms with E-state index >= 15 is 0 Å². The fourth-order valence-corrected chi connectivity index (χ4v) is 4.63. The molecule has 0 bridgehead atoms. The van der Waals surface area contributed by atoms with E-state index in [1.807, 2.05) is 0 Å². The summed E-state index contributed by atoms with van der Waals surface area (Å²) in [4.78, 5) is 24.9. The molecule has 0 aromatic carbocycles. The second-order valence-electron chi connectivity index (χ2n) is 6.72. The number of amides is 1. The summed E-state index contributed by atoms with van der Waals surface area (Å²) in [7, 11) is -3.29. The molecule has 24 heavy (non-hydrogen) atoms. The van der Waals surface area contributed by atoms with E-state index in [9.17, 15) is 19.3 Å². The average Bonchev–Trinajstić information content (AvgIpc) is 2.81. The molecule has 2 unspecified atom stereocenters. The lowest BCUT2D eigenvalue weighted by molar-refractivity contribution is -0.142. The van der Waals surface area contributed by atoms with E-state index in [4.69, 9.17) is 13.8 Å². The lowest BCUT2D eigenvalue weighted by Gasteiger charge is -2.27. The summed E-state index contributed by atoms with van der Waals surface area (Å²) in [5.74, 6) is -1.39. The summed E-state index contributed by atoms with van der Waals surface area (Å²) in [5.41, 5.74) is -0.718. The Hall–Kier alpha value is -1.11. The van der Waals surface area contributed by atoms with Crippen LogP contribution in [0.15, 0.2) is 0 Å². The van der Waals surface area contributed by atoms with Crippen molar-refractivity contribution >= 4 is 19.7 Å². The van der Waals surface area contributed by atoms with Crippen molar-refractivity contribution in [2.24, 2.45) is 5.92 Å². The normalized spacial score (nSPS) is 21.8. The molecule has 140 valence electrons. The highest BCUT2D eigenvalue weighted by Crippen LogP contribution is 2.51. The quantitative estimate of drug-likeness (QED) is 0.692. The molecule has 0 aliphatic carbocycles. The molecule has 0 saturated carbocycles. The fraction of sp³-hybridized carbons (Fsp3) is 0.867. The molecule has 0 radical (unpaired) electrons. The second-order valence-corrected chi connectivity index (χ2v) is 8.82. The van der Waals surface area contributed by atoms with E-state index in [1.54, 1.807) is 34.6 Å². The van der Waals surface area contributed by atoms with Gasteiger partial charge in [-0.3, -0.25) is 9.46 Å². The molecular formula is C15H28NO7P. The topological polar surface area (TPSA) is 102 Å². The van der Waals surface area contributed by atoms with E-state index in [2.05, 4.69) is 0 Å². The van der Waals surface area contributed by atoms with Gasteiger partial charge in [-0.15, -0.1) is 0 Å². The van der Waals surface area contributed by atoms with Gasteiger partial charge in [-0.2, -0.15) is 0 Å². The number of carbonyl (C=O) groups is 2. The Bertz CT molecular complexity index is 493. The first-order valence-corrected chi connectivity index (χ1v) is 9.84. The number of likely N-dealkylation sites (tertiary alicyclic amines) is 1. The lowest BCUT2D eigenvalue weighted by atomic mass is 10.1. The molecule has 1 heterocycles. The van der Waals surface area contributed by atoms with Crippen LogP contribution in [-0.2, 0) is 23.1 Å². The zero-order valence-electron chi connectivity index (χ0n) is 15.0. The Kier molecular flexibility index (Phi) is 7.25. The number of aliphatic carboxylic acids is 1. The molecule has 8 nitrogen and oxygen atoms in total. The molecule has 1 fully saturated rings. The number of carboxylic acid groups (broad SMARTS) is 1. The van der Waals surface area contributed by atoms with Gasteiger partial charge in [0, 0.05) is 6.54 Å². The zero-order valence-corrected chi connectivity index (χ0v) is 15.9. The van der Waals surface area contributed by atoms with Crippen LogP contribution in [0.5, 0.6) is 0 Å². The molecule has 1 aliphatic rings. The molecule has 1 saturated heterocycles. The van der Waals surface area contributed by atoms with Crippen molar-refractivity contribution in [3.8, 4) is 0 Å². The number of rotatable bonds is 7. The Morgan fingerprint density at radius 2 is 1.75 bits per heavy atom. The van der Waals surface area contributed by atoms with Gasteiger partial charge >= 0.3 is 19.7 Å². The molecule has 1 rings (SSSR count). The third-order valence-electron chi connectivity index (χ3n) is 3.43. The monoisotopic (exact) mass is 365 g/mol. The van der Waals surface area contributed by atoms with Crippen LogP contribution in [0.3, 0.4) is 0 Å². The van der Waals surface area contributed by atoms with Crippen LogP contribution in [0.25, 0.3) is 0 Å². The zero-order chi connectivity index (χ0) is 18.5. The SMILES string of the molecule is CCOP(=O)(CC1CC(C(=O)O)N(C(=O)OC(C)(C)C)C1)OCC. The van der Waals surface area contributed by atoms with E-state index < -0.39 is 31.3 Å². The van der Waals surface area contributed by atoms with Crippen LogP contribution < -0.4 is 0 Å². The summed E-state index contributed by atoms with van der Waals surface area (Å²) in [5, 5.41) is 9.37. The van der Waals surface area contributed by atoms with Gasteiger partial charge in [0.1, 0.15) is 11.6 Å². The molecule has 9 heteroatoms. The van der Waals surface area contributed by atoms with E-state index in [-0.39, 0.29) is 38.3 Å². The fourth-order valence-electron chi connectivity index (χ4n) is 2.66. The van der Waals surface area contributed by atoms with Gasteiger partial charge in [0.15, 0.2) is 0 Å². The summed E-state index contributed by atoms with van der Waals surface area (Å²) < 4.78 is 28.4. The molecule has 1 amide bonds. The van der Waals surface area contributed by atoms with Crippen molar-refractivity contribution in [3.05, 3.63) is 0 Å². The van der Waals surface area contributed by atoms with Gasteiger partial charge in [-0.05, 0) is 47.0 Å².